The van der Waals surface area contributed by atoms with Gasteiger partial charge in [0.05, 0.1) is 12.3 Å². The van der Waals surface area contributed by atoms with Crippen LogP contribution in [0.25, 0.3) is 0 Å². The van der Waals surface area contributed by atoms with E-state index in [1.54, 1.807) is 9.91 Å². The number of hydrogen-bond acceptors (Lipinski definition) is 4. The van der Waals surface area contributed by atoms with Crippen molar-refractivity contribution in [2.24, 2.45) is 5.10 Å². The van der Waals surface area contributed by atoms with Crippen molar-refractivity contribution in [1.29, 1.82) is 0 Å². The summed E-state index contributed by atoms with van der Waals surface area (Å²) in [6.07, 6.45) is 1.52. The fraction of sp³-hybridized carbons (Fsp3) is 0.250. The van der Waals surface area contributed by atoms with E-state index in [2.05, 4.69) is 35.9 Å². The van der Waals surface area contributed by atoms with E-state index < -0.39 is 0 Å². The Morgan fingerprint density at radius 1 is 1.03 bits per heavy atom. The Morgan fingerprint density at radius 3 is 2.10 bits per heavy atom. The van der Waals surface area contributed by atoms with E-state index in [0.29, 0.717) is 12.1 Å². The first kappa shape index (κ1) is 19.0. The van der Waals surface area contributed by atoms with Crippen LogP contribution >= 0.6 is 0 Å². The number of aliphatic hydroxyl groups is 1. The van der Waals surface area contributed by atoms with Crippen molar-refractivity contribution in [3.8, 4) is 0 Å². The van der Waals surface area contributed by atoms with E-state index >= 15 is 0 Å². The van der Waals surface area contributed by atoms with Crippen LogP contribution in [0.5, 0.6) is 0 Å². The third kappa shape index (κ3) is 3.33. The van der Waals surface area contributed by atoms with E-state index in [0.717, 1.165) is 11.1 Å². The van der Waals surface area contributed by atoms with Crippen molar-refractivity contribution in [1.82, 2.24) is 9.91 Å². The summed E-state index contributed by atoms with van der Waals surface area (Å²) in [5, 5.41) is 16.9. The summed E-state index contributed by atoms with van der Waals surface area (Å²) in [5.41, 5.74) is 2.84. The molecule has 1 saturated heterocycles. The normalized spacial score (nSPS) is 19.4. The maximum atomic E-state index is 13.1. The summed E-state index contributed by atoms with van der Waals surface area (Å²) in [7, 11) is 0. The number of carbonyl (C=O) groups excluding carboxylic acids is 1. The Hall–Kier alpha value is -3.34. The van der Waals surface area contributed by atoms with Crippen LogP contribution in [0, 0.1) is 0 Å². The molecule has 1 amide bonds. The zero-order chi connectivity index (χ0) is 20.5. The molecule has 2 aromatic rings. The molecule has 0 saturated carbocycles. The first-order valence-corrected chi connectivity index (χ1v) is 9.85. The minimum absolute atomic E-state index is 0.00109. The first-order valence-electron chi connectivity index (χ1n) is 9.85. The molecular weight excluding hydrogens is 362 g/mol. The number of benzene rings is 2. The lowest BCUT2D eigenvalue weighted by atomic mass is 9.83. The van der Waals surface area contributed by atoms with Crippen molar-refractivity contribution >= 4 is 12.1 Å². The van der Waals surface area contributed by atoms with Crippen molar-refractivity contribution in [3.05, 3.63) is 95.4 Å². The van der Waals surface area contributed by atoms with Gasteiger partial charge in [-0.15, -0.1) is 0 Å². The van der Waals surface area contributed by atoms with Gasteiger partial charge in [-0.2, -0.15) is 5.10 Å². The molecule has 2 aliphatic rings. The molecule has 1 fully saturated rings. The fourth-order valence-corrected chi connectivity index (χ4v) is 4.11. The molecule has 4 rings (SSSR count). The maximum Gasteiger partial charge on any atom is 0.276 e. The van der Waals surface area contributed by atoms with Gasteiger partial charge in [-0.05, 0) is 25.0 Å². The summed E-state index contributed by atoms with van der Waals surface area (Å²) < 4.78 is 0. The third-order valence-corrected chi connectivity index (χ3v) is 5.58. The number of rotatable bonds is 4. The van der Waals surface area contributed by atoms with Gasteiger partial charge in [0.25, 0.3) is 5.91 Å². The molecule has 148 valence electrons. The topological polar surface area (TPSA) is 56.1 Å². The number of piperazine rings is 1. The molecule has 2 aliphatic heterocycles. The highest BCUT2D eigenvalue weighted by molar-refractivity contribution is 5.99. The Morgan fingerprint density at radius 2 is 1.59 bits per heavy atom. The summed E-state index contributed by atoms with van der Waals surface area (Å²) in [6.45, 7) is 8.31. The average Bonchev–Trinajstić information content (AvgIpc) is 2.73. The summed E-state index contributed by atoms with van der Waals surface area (Å²) >= 11 is 0. The Kier molecular flexibility index (Phi) is 4.97. The summed E-state index contributed by atoms with van der Waals surface area (Å²) in [5.74, 6) is -0.343. The second-order valence-electron chi connectivity index (χ2n) is 7.73. The lowest BCUT2D eigenvalue weighted by Crippen LogP contribution is -2.57. The second-order valence-corrected chi connectivity index (χ2v) is 7.73. The van der Waals surface area contributed by atoms with Crippen molar-refractivity contribution in [2.45, 2.75) is 31.8 Å². The maximum absolute atomic E-state index is 13.1. The fourth-order valence-electron chi connectivity index (χ4n) is 4.11. The quantitative estimate of drug-likeness (QED) is 0.861. The molecule has 2 heterocycles. The van der Waals surface area contributed by atoms with Gasteiger partial charge in [0.15, 0.2) is 11.5 Å². The molecule has 0 bridgehead atoms. The molecule has 5 heteroatoms. The van der Waals surface area contributed by atoms with Gasteiger partial charge in [0, 0.05) is 24.1 Å². The monoisotopic (exact) mass is 387 g/mol. The molecule has 0 aromatic heterocycles. The number of hydrogen-bond donors (Lipinski definition) is 1. The van der Waals surface area contributed by atoms with E-state index in [1.807, 2.05) is 50.2 Å². The summed E-state index contributed by atoms with van der Waals surface area (Å²) in [6, 6.07) is 20.3. The van der Waals surface area contributed by atoms with Crippen LogP contribution in [-0.4, -0.2) is 45.8 Å². The van der Waals surface area contributed by atoms with Gasteiger partial charge in [-0.1, -0.05) is 67.2 Å². The molecule has 0 radical (unpaired) electrons. The second kappa shape index (κ2) is 7.59. The van der Waals surface area contributed by atoms with E-state index in [-0.39, 0.29) is 35.4 Å². The number of amides is 1. The van der Waals surface area contributed by atoms with Crippen LogP contribution in [0.3, 0.4) is 0 Å². The predicted octanol–water partition coefficient (Wildman–Crippen LogP) is 4.06. The molecule has 1 N–H and O–H groups in total. The molecular formula is C24H25N3O2. The summed E-state index contributed by atoms with van der Waals surface area (Å²) in [4.78, 5) is 15.0. The first-order chi connectivity index (χ1) is 14.0. The highest BCUT2D eigenvalue weighted by Crippen LogP contribution is 2.38. The van der Waals surface area contributed by atoms with Crippen LogP contribution in [0.15, 0.2) is 89.4 Å². The third-order valence-electron chi connectivity index (χ3n) is 5.58. The van der Waals surface area contributed by atoms with Gasteiger partial charge in [0.2, 0.25) is 0 Å². The number of fused-ring (bicyclic) bond motifs is 1. The van der Waals surface area contributed by atoms with Gasteiger partial charge in [0.1, 0.15) is 0 Å². The van der Waals surface area contributed by atoms with E-state index in [1.165, 1.54) is 6.21 Å². The Bertz CT molecular complexity index is 940. The van der Waals surface area contributed by atoms with Crippen molar-refractivity contribution in [3.63, 3.8) is 0 Å². The van der Waals surface area contributed by atoms with Crippen LogP contribution in [0.1, 0.15) is 30.9 Å². The largest absolute Gasteiger partial charge is 0.505 e. The van der Waals surface area contributed by atoms with Gasteiger partial charge >= 0.3 is 0 Å². The SMILES string of the molecule is C=C1C=NN2C(=C1O)C(=O)N(C(C)C)CC2C(c1ccccc1)c1ccccc1. The van der Waals surface area contributed by atoms with Crippen LogP contribution in [0.2, 0.25) is 0 Å². The smallest absolute Gasteiger partial charge is 0.276 e. The molecule has 29 heavy (non-hydrogen) atoms. The molecule has 0 spiro atoms. The highest BCUT2D eigenvalue weighted by Gasteiger charge is 2.44. The number of allylic oxidation sites excluding steroid dienone is 1. The standard InChI is InChI=1S/C24H25N3O2/c1-16(2)26-15-20(27-22(24(26)29)23(28)17(3)14-25-27)21(18-10-6-4-7-11-18)19-12-8-5-9-13-19/h4-14,16,20-21,28H,3,15H2,1-2H3. The average molecular weight is 387 g/mol. The number of hydrazone groups is 1. The van der Waals surface area contributed by atoms with Crippen molar-refractivity contribution in [2.75, 3.05) is 6.54 Å². The highest BCUT2D eigenvalue weighted by atomic mass is 16.3. The molecule has 1 atom stereocenters. The predicted molar refractivity (Wildman–Crippen MR) is 114 cm³/mol. The zero-order valence-electron chi connectivity index (χ0n) is 16.7. The van der Waals surface area contributed by atoms with Gasteiger partial charge in [-0.3, -0.25) is 9.80 Å². The minimum atomic E-state index is -0.216. The zero-order valence-corrected chi connectivity index (χ0v) is 16.7. The number of nitrogens with zero attached hydrogens (tertiary/aromatic N) is 3. The number of carbonyl (C=O) groups is 1. The Labute approximate surface area is 171 Å². The van der Waals surface area contributed by atoms with Crippen LogP contribution < -0.4 is 0 Å². The lowest BCUT2D eigenvalue weighted by Gasteiger charge is -2.46. The molecule has 2 aromatic carbocycles. The number of aliphatic hydroxyl groups excluding tert-OH is 1. The molecule has 0 aliphatic carbocycles. The van der Waals surface area contributed by atoms with E-state index in [9.17, 15) is 9.90 Å². The minimum Gasteiger partial charge on any atom is -0.505 e. The van der Waals surface area contributed by atoms with Gasteiger partial charge in [-0.25, -0.2) is 0 Å². The van der Waals surface area contributed by atoms with Gasteiger partial charge < -0.3 is 10.0 Å². The van der Waals surface area contributed by atoms with E-state index in [4.69, 9.17) is 0 Å². The van der Waals surface area contributed by atoms with Crippen molar-refractivity contribution < 1.29 is 9.90 Å². The molecule has 1 unspecified atom stereocenters. The lowest BCUT2D eigenvalue weighted by molar-refractivity contribution is -0.136. The van der Waals surface area contributed by atoms with Crippen LogP contribution in [-0.2, 0) is 4.79 Å². The van der Waals surface area contributed by atoms with Crippen LogP contribution in [0.4, 0.5) is 0 Å². The Balaban J connectivity index is 1.88. The molecule has 5 nitrogen and oxygen atoms in total.